The maximum Gasteiger partial charge on any atom is 0.441 e. The van der Waals surface area contributed by atoms with Crippen LogP contribution < -0.4 is 10.7 Å². The Labute approximate surface area is 190 Å². The molecule has 0 radical (unpaired) electrons. The van der Waals surface area contributed by atoms with Crippen LogP contribution in [0.15, 0.2) is 51.8 Å². The van der Waals surface area contributed by atoms with Crippen molar-refractivity contribution in [1.29, 1.82) is 0 Å². The van der Waals surface area contributed by atoms with Crippen molar-refractivity contribution in [3.63, 3.8) is 0 Å². The smallest absolute Gasteiger partial charge is 0.441 e. The van der Waals surface area contributed by atoms with Gasteiger partial charge in [-0.2, -0.15) is 0 Å². The van der Waals surface area contributed by atoms with Gasteiger partial charge in [0.15, 0.2) is 5.82 Å². The van der Waals surface area contributed by atoms with Crippen molar-refractivity contribution >= 4 is 17.6 Å². The van der Waals surface area contributed by atoms with E-state index in [-0.39, 0.29) is 19.0 Å². The number of carbonyl (C=O) groups excluding carboxylic acids is 1. The fourth-order valence-corrected chi connectivity index (χ4v) is 3.97. The zero-order valence-electron chi connectivity index (χ0n) is 18.7. The van der Waals surface area contributed by atoms with Gasteiger partial charge in [0.1, 0.15) is 6.54 Å². The first-order valence-electron chi connectivity index (χ1n) is 10.4. The van der Waals surface area contributed by atoms with E-state index in [9.17, 15) is 19.5 Å². The SMILES string of the molecule is Cc1ccc(-c2noc(=O)n2C)cc1N(CC(=O)O)CC(=O)N(C)N1Cc2ccccc2C1. The maximum absolute atomic E-state index is 13.1. The Morgan fingerprint density at radius 1 is 1.12 bits per heavy atom. The highest BCUT2D eigenvalue weighted by atomic mass is 16.5. The maximum atomic E-state index is 13.1. The van der Waals surface area contributed by atoms with Gasteiger partial charge < -0.3 is 10.0 Å². The van der Waals surface area contributed by atoms with Crippen LogP contribution in [0.5, 0.6) is 0 Å². The third kappa shape index (κ3) is 4.51. The molecule has 10 nitrogen and oxygen atoms in total. The molecule has 2 aromatic carbocycles. The van der Waals surface area contributed by atoms with Gasteiger partial charge >= 0.3 is 11.7 Å². The number of hydrogen-bond donors (Lipinski definition) is 1. The summed E-state index contributed by atoms with van der Waals surface area (Å²) in [5.41, 5.74) is 4.27. The molecule has 0 saturated carbocycles. The summed E-state index contributed by atoms with van der Waals surface area (Å²) in [4.78, 5) is 37.9. The standard InChI is InChI=1S/C23H25N5O5/c1-15-8-9-16(22-24-33-23(32)25(22)2)10-19(15)27(14-21(30)31)13-20(29)26(3)28-11-17-6-4-5-7-18(17)12-28/h4-10H,11-14H2,1-3H3,(H,30,31). The second-order valence-electron chi connectivity index (χ2n) is 8.09. The summed E-state index contributed by atoms with van der Waals surface area (Å²) in [6, 6.07) is 13.3. The monoisotopic (exact) mass is 451 g/mol. The molecule has 172 valence electrons. The van der Waals surface area contributed by atoms with Crippen LogP contribution in [-0.4, -0.2) is 56.9 Å². The number of aliphatic carboxylic acids is 1. The summed E-state index contributed by atoms with van der Waals surface area (Å²) in [7, 11) is 3.23. The fourth-order valence-electron chi connectivity index (χ4n) is 3.97. The molecule has 1 aromatic heterocycles. The quantitative estimate of drug-likeness (QED) is 0.577. The molecule has 0 fully saturated rings. The van der Waals surface area contributed by atoms with E-state index in [0.717, 1.165) is 5.56 Å². The van der Waals surface area contributed by atoms with Gasteiger partial charge in [-0.3, -0.25) is 23.7 Å². The summed E-state index contributed by atoms with van der Waals surface area (Å²) in [5, 5.41) is 16.8. The van der Waals surface area contributed by atoms with E-state index < -0.39 is 11.7 Å². The molecular weight excluding hydrogens is 426 g/mol. The molecule has 1 amide bonds. The number of amides is 1. The highest BCUT2D eigenvalue weighted by molar-refractivity contribution is 5.85. The molecule has 0 bridgehead atoms. The van der Waals surface area contributed by atoms with Crippen molar-refractivity contribution in [2.45, 2.75) is 20.0 Å². The van der Waals surface area contributed by atoms with E-state index in [4.69, 9.17) is 4.52 Å². The Bertz CT molecular complexity index is 1240. The van der Waals surface area contributed by atoms with Crippen LogP contribution >= 0.6 is 0 Å². The zero-order valence-corrected chi connectivity index (χ0v) is 18.7. The highest BCUT2D eigenvalue weighted by Crippen LogP contribution is 2.27. The summed E-state index contributed by atoms with van der Waals surface area (Å²) >= 11 is 0. The Hall–Kier alpha value is -3.92. The van der Waals surface area contributed by atoms with E-state index >= 15 is 0 Å². The number of nitrogens with zero attached hydrogens (tertiary/aromatic N) is 5. The first kappa shape index (κ1) is 22.3. The minimum atomic E-state index is -1.06. The number of benzene rings is 2. The lowest BCUT2D eigenvalue weighted by Gasteiger charge is -2.31. The van der Waals surface area contributed by atoms with Crippen molar-refractivity contribution < 1.29 is 19.2 Å². The summed E-state index contributed by atoms with van der Waals surface area (Å²) in [6.07, 6.45) is 0. The van der Waals surface area contributed by atoms with Crippen LogP contribution in [-0.2, 0) is 29.7 Å². The number of aryl methyl sites for hydroxylation is 1. The summed E-state index contributed by atoms with van der Waals surface area (Å²) in [5.74, 6) is -1.58. The van der Waals surface area contributed by atoms with E-state index in [2.05, 4.69) is 5.16 Å². The largest absolute Gasteiger partial charge is 0.480 e. The molecule has 0 spiro atoms. The first-order valence-corrected chi connectivity index (χ1v) is 10.4. The van der Waals surface area contributed by atoms with Crippen molar-refractivity contribution in [3.8, 4) is 11.4 Å². The molecule has 4 rings (SSSR count). The second-order valence-corrected chi connectivity index (χ2v) is 8.09. The molecular formula is C23H25N5O5. The number of carboxylic acid groups (broad SMARTS) is 1. The van der Waals surface area contributed by atoms with Crippen LogP contribution in [0.2, 0.25) is 0 Å². The van der Waals surface area contributed by atoms with Gasteiger partial charge in [0.25, 0.3) is 5.91 Å². The van der Waals surface area contributed by atoms with Crippen LogP contribution in [0.25, 0.3) is 11.4 Å². The third-order valence-corrected chi connectivity index (χ3v) is 5.87. The van der Waals surface area contributed by atoms with Crippen LogP contribution in [0, 0.1) is 6.92 Å². The van der Waals surface area contributed by atoms with Gasteiger partial charge in [-0.1, -0.05) is 41.6 Å². The number of carboxylic acids is 1. The molecule has 33 heavy (non-hydrogen) atoms. The molecule has 1 N–H and O–H groups in total. The van der Waals surface area contributed by atoms with E-state index in [1.165, 1.54) is 27.6 Å². The van der Waals surface area contributed by atoms with E-state index in [1.807, 2.05) is 36.2 Å². The predicted molar refractivity (Wildman–Crippen MR) is 120 cm³/mol. The summed E-state index contributed by atoms with van der Waals surface area (Å²) in [6.45, 7) is 2.58. The molecule has 3 aromatic rings. The van der Waals surface area contributed by atoms with Gasteiger partial charge in [0.05, 0.1) is 6.54 Å². The lowest BCUT2D eigenvalue weighted by atomic mass is 10.1. The average molecular weight is 451 g/mol. The van der Waals surface area contributed by atoms with Crippen LogP contribution in [0.4, 0.5) is 5.69 Å². The Morgan fingerprint density at radius 2 is 1.79 bits per heavy atom. The number of anilines is 1. The fraction of sp³-hybridized carbons (Fsp3) is 0.304. The Morgan fingerprint density at radius 3 is 2.36 bits per heavy atom. The number of likely N-dealkylation sites (N-methyl/N-ethyl adjacent to an activating group) is 1. The van der Waals surface area contributed by atoms with E-state index in [1.54, 1.807) is 30.3 Å². The molecule has 0 aliphatic carbocycles. The lowest BCUT2D eigenvalue weighted by molar-refractivity contribution is -0.145. The lowest BCUT2D eigenvalue weighted by Crippen LogP contribution is -2.47. The van der Waals surface area contributed by atoms with Gasteiger partial charge in [0.2, 0.25) is 0 Å². The van der Waals surface area contributed by atoms with E-state index in [0.29, 0.717) is 30.2 Å². The molecule has 0 atom stereocenters. The minimum Gasteiger partial charge on any atom is -0.480 e. The van der Waals surface area contributed by atoms with Gasteiger partial charge in [-0.15, -0.1) is 0 Å². The van der Waals surface area contributed by atoms with Crippen molar-refractivity contribution in [2.24, 2.45) is 7.05 Å². The second kappa shape index (κ2) is 8.91. The normalized spacial score (nSPS) is 13.1. The van der Waals surface area contributed by atoms with Crippen molar-refractivity contribution in [1.82, 2.24) is 19.7 Å². The zero-order chi connectivity index (χ0) is 23.7. The molecule has 0 saturated heterocycles. The number of rotatable bonds is 7. The molecule has 1 aliphatic rings. The topological polar surface area (TPSA) is 112 Å². The number of fused-ring (bicyclic) bond motifs is 1. The minimum absolute atomic E-state index is 0.127. The van der Waals surface area contributed by atoms with Crippen LogP contribution in [0.3, 0.4) is 0 Å². The molecule has 2 heterocycles. The average Bonchev–Trinajstić information content (AvgIpc) is 3.36. The van der Waals surface area contributed by atoms with Crippen LogP contribution in [0.1, 0.15) is 16.7 Å². The molecule has 1 aliphatic heterocycles. The van der Waals surface area contributed by atoms with Gasteiger partial charge in [-0.05, 0) is 29.7 Å². The summed E-state index contributed by atoms with van der Waals surface area (Å²) < 4.78 is 5.97. The van der Waals surface area contributed by atoms with Gasteiger partial charge in [-0.25, -0.2) is 9.80 Å². The number of hydrazine groups is 1. The number of carbonyl (C=O) groups is 2. The van der Waals surface area contributed by atoms with Crippen molar-refractivity contribution in [3.05, 3.63) is 69.7 Å². The van der Waals surface area contributed by atoms with Crippen molar-refractivity contribution in [2.75, 3.05) is 25.0 Å². The predicted octanol–water partition coefficient (Wildman–Crippen LogP) is 1.63. The highest BCUT2D eigenvalue weighted by Gasteiger charge is 2.27. The third-order valence-electron chi connectivity index (χ3n) is 5.87. The number of hydrogen-bond acceptors (Lipinski definition) is 7. The molecule has 0 unspecified atom stereocenters. The van der Waals surface area contributed by atoms with Gasteiger partial charge in [0, 0.05) is 38.4 Å². The molecule has 10 heteroatoms. The number of aromatic nitrogens is 2. The Balaban J connectivity index is 1.58. The first-order chi connectivity index (χ1) is 15.7. The Kier molecular flexibility index (Phi) is 6.01.